The molecule has 0 spiro atoms. The van der Waals surface area contributed by atoms with Gasteiger partial charge in [-0.15, -0.1) is 0 Å². The zero-order valence-corrected chi connectivity index (χ0v) is 11.8. The molecule has 0 aliphatic carbocycles. The van der Waals surface area contributed by atoms with Gasteiger partial charge in [0.1, 0.15) is 0 Å². The third-order valence-corrected chi connectivity index (χ3v) is 3.47. The molecule has 2 amide bonds. The second-order valence-electron chi connectivity index (χ2n) is 5.11. The van der Waals surface area contributed by atoms with E-state index in [4.69, 9.17) is 5.73 Å². The molecule has 3 N–H and O–H groups in total. The highest BCUT2D eigenvalue weighted by Gasteiger charge is 2.23. The monoisotopic (exact) mass is 275 g/mol. The molecule has 0 saturated heterocycles. The zero-order chi connectivity index (χ0) is 14.5. The number of hydrogen-bond donors (Lipinski definition) is 2. The van der Waals surface area contributed by atoms with E-state index in [1.165, 1.54) is 5.56 Å². The van der Waals surface area contributed by atoms with Gasteiger partial charge in [-0.2, -0.15) is 0 Å². The highest BCUT2D eigenvalue weighted by molar-refractivity contribution is 5.95. The van der Waals surface area contributed by atoms with Crippen molar-refractivity contribution in [2.45, 2.75) is 32.2 Å². The predicted octanol–water partition coefficient (Wildman–Crippen LogP) is 0.819. The molecule has 1 aliphatic rings. The van der Waals surface area contributed by atoms with Gasteiger partial charge in [0.05, 0.1) is 6.04 Å². The first-order valence-corrected chi connectivity index (χ1v) is 7.01. The largest absolute Gasteiger partial charge is 0.355 e. The zero-order valence-electron chi connectivity index (χ0n) is 11.8. The number of anilines is 1. The van der Waals surface area contributed by atoms with E-state index in [2.05, 4.69) is 11.4 Å². The van der Waals surface area contributed by atoms with Crippen molar-refractivity contribution in [2.75, 3.05) is 18.0 Å². The Hall–Kier alpha value is -1.88. The summed E-state index contributed by atoms with van der Waals surface area (Å²) < 4.78 is 0. The Morgan fingerprint density at radius 3 is 2.90 bits per heavy atom. The quantitative estimate of drug-likeness (QED) is 0.781. The third kappa shape index (κ3) is 3.36. The number of carbonyl (C=O) groups is 2. The minimum atomic E-state index is -0.504. The highest BCUT2D eigenvalue weighted by atomic mass is 16.2. The average Bonchev–Trinajstić information content (AvgIpc) is 2.87. The first-order chi connectivity index (χ1) is 9.59. The second kappa shape index (κ2) is 6.52. The third-order valence-electron chi connectivity index (χ3n) is 3.47. The number of fused-ring (bicyclic) bond motifs is 1. The lowest BCUT2D eigenvalue weighted by Gasteiger charge is -2.17. The second-order valence-corrected chi connectivity index (χ2v) is 5.11. The van der Waals surface area contributed by atoms with Gasteiger partial charge in [0, 0.05) is 25.2 Å². The van der Waals surface area contributed by atoms with Crippen molar-refractivity contribution in [3.05, 3.63) is 29.8 Å². The molecule has 0 saturated carbocycles. The number of para-hydroxylation sites is 1. The Morgan fingerprint density at radius 1 is 1.40 bits per heavy atom. The fourth-order valence-corrected chi connectivity index (χ4v) is 2.34. The lowest BCUT2D eigenvalue weighted by Crippen LogP contribution is -2.39. The van der Waals surface area contributed by atoms with E-state index in [9.17, 15) is 9.59 Å². The molecule has 1 aromatic carbocycles. The van der Waals surface area contributed by atoms with Crippen LogP contribution in [0.15, 0.2) is 24.3 Å². The minimum Gasteiger partial charge on any atom is -0.355 e. The summed E-state index contributed by atoms with van der Waals surface area (Å²) in [6, 6.07) is 7.49. The average molecular weight is 275 g/mol. The molecule has 0 radical (unpaired) electrons. The van der Waals surface area contributed by atoms with Crippen molar-refractivity contribution in [3.8, 4) is 0 Å². The summed E-state index contributed by atoms with van der Waals surface area (Å²) >= 11 is 0. The number of nitrogens with one attached hydrogen (secondary N) is 1. The predicted molar refractivity (Wildman–Crippen MR) is 78.4 cm³/mol. The molecule has 5 nitrogen and oxygen atoms in total. The minimum absolute atomic E-state index is 0.116. The van der Waals surface area contributed by atoms with Gasteiger partial charge in [-0.3, -0.25) is 9.59 Å². The van der Waals surface area contributed by atoms with Gasteiger partial charge in [-0.1, -0.05) is 18.2 Å². The Morgan fingerprint density at radius 2 is 2.15 bits per heavy atom. The first-order valence-electron chi connectivity index (χ1n) is 7.01. The van der Waals surface area contributed by atoms with Gasteiger partial charge >= 0.3 is 0 Å². The van der Waals surface area contributed by atoms with E-state index in [0.717, 1.165) is 18.7 Å². The van der Waals surface area contributed by atoms with Crippen LogP contribution < -0.4 is 16.0 Å². The van der Waals surface area contributed by atoms with Crippen LogP contribution in [0.1, 0.15) is 25.3 Å². The Kier molecular flexibility index (Phi) is 4.74. The van der Waals surface area contributed by atoms with Crippen LogP contribution in [0.25, 0.3) is 0 Å². The van der Waals surface area contributed by atoms with E-state index in [1.807, 2.05) is 23.1 Å². The standard InChI is InChI=1S/C15H21N3O2/c1-11(16)15(20)17-9-4-7-14(19)18-10-8-12-5-2-3-6-13(12)18/h2-3,5-6,11H,4,7-10,16H2,1H3,(H,17,20)/t11-/m0/s1. The van der Waals surface area contributed by atoms with Gasteiger partial charge in [0.15, 0.2) is 0 Å². The lowest BCUT2D eigenvalue weighted by atomic mass is 10.2. The maximum absolute atomic E-state index is 12.2. The highest BCUT2D eigenvalue weighted by Crippen LogP contribution is 2.27. The molecule has 1 heterocycles. The van der Waals surface area contributed by atoms with Crippen LogP contribution in [-0.2, 0) is 16.0 Å². The molecular formula is C15H21N3O2. The maximum atomic E-state index is 12.2. The van der Waals surface area contributed by atoms with Crippen LogP contribution in [0.3, 0.4) is 0 Å². The van der Waals surface area contributed by atoms with Crippen LogP contribution in [0.2, 0.25) is 0 Å². The molecule has 1 aliphatic heterocycles. The van der Waals surface area contributed by atoms with E-state index < -0.39 is 6.04 Å². The smallest absolute Gasteiger partial charge is 0.236 e. The summed E-state index contributed by atoms with van der Waals surface area (Å²) in [6.07, 6.45) is 1.99. The van der Waals surface area contributed by atoms with Crippen LogP contribution in [0.5, 0.6) is 0 Å². The Balaban J connectivity index is 1.78. The van der Waals surface area contributed by atoms with Crippen LogP contribution >= 0.6 is 0 Å². The fourth-order valence-electron chi connectivity index (χ4n) is 2.34. The van der Waals surface area contributed by atoms with Crippen LogP contribution in [0, 0.1) is 0 Å². The Bertz CT molecular complexity index is 500. The molecule has 0 aromatic heterocycles. The molecule has 108 valence electrons. The van der Waals surface area contributed by atoms with Crippen molar-refractivity contribution < 1.29 is 9.59 Å². The molecule has 5 heteroatoms. The van der Waals surface area contributed by atoms with E-state index in [-0.39, 0.29) is 11.8 Å². The van der Waals surface area contributed by atoms with E-state index >= 15 is 0 Å². The number of hydrogen-bond acceptors (Lipinski definition) is 3. The molecule has 0 fully saturated rings. The van der Waals surface area contributed by atoms with Crippen molar-refractivity contribution >= 4 is 17.5 Å². The number of nitrogens with zero attached hydrogens (tertiary/aromatic N) is 1. The molecule has 20 heavy (non-hydrogen) atoms. The van der Waals surface area contributed by atoms with Crippen LogP contribution in [0.4, 0.5) is 5.69 Å². The van der Waals surface area contributed by atoms with Gasteiger partial charge in [-0.25, -0.2) is 0 Å². The van der Waals surface area contributed by atoms with Crippen molar-refractivity contribution in [2.24, 2.45) is 5.73 Å². The molecule has 1 atom stereocenters. The van der Waals surface area contributed by atoms with Crippen molar-refractivity contribution in [1.29, 1.82) is 0 Å². The molecule has 0 unspecified atom stereocenters. The Labute approximate surface area is 119 Å². The SMILES string of the molecule is C[C@H](N)C(=O)NCCCC(=O)N1CCc2ccccc21. The lowest BCUT2D eigenvalue weighted by molar-refractivity contribution is -0.122. The molecule has 0 bridgehead atoms. The number of nitrogens with two attached hydrogens (primary N) is 1. The van der Waals surface area contributed by atoms with Gasteiger partial charge in [-0.05, 0) is 31.4 Å². The summed E-state index contributed by atoms with van der Waals surface area (Å²) in [6.45, 7) is 2.88. The summed E-state index contributed by atoms with van der Waals surface area (Å²) in [5, 5.41) is 2.71. The topological polar surface area (TPSA) is 75.4 Å². The number of benzene rings is 1. The summed E-state index contributed by atoms with van der Waals surface area (Å²) in [4.78, 5) is 25.3. The summed E-state index contributed by atoms with van der Waals surface area (Å²) in [7, 11) is 0. The van der Waals surface area contributed by atoms with E-state index in [1.54, 1.807) is 6.92 Å². The summed E-state index contributed by atoms with van der Waals surface area (Å²) in [5.41, 5.74) is 7.70. The van der Waals surface area contributed by atoms with Crippen LogP contribution in [-0.4, -0.2) is 30.9 Å². The van der Waals surface area contributed by atoms with Crippen molar-refractivity contribution in [3.63, 3.8) is 0 Å². The number of rotatable bonds is 5. The normalized spacial score (nSPS) is 14.8. The molecule has 1 aromatic rings. The van der Waals surface area contributed by atoms with Gasteiger partial charge in [0.2, 0.25) is 11.8 Å². The van der Waals surface area contributed by atoms with Gasteiger partial charge < -0.3 is 16.0 Å². The van der Waals surface area contributed by atoms with E-state index in [0.29, 0.717) is 19.4 Å². The fraction of sp³-hybridized carbons (Fsp3) is 0.467. The van der Waals surface area contributed by atoms with Crippen molar-refractivity contribution in [1.82, 2.24) is 5.32 Å². The number of amides is 2. The maximum Gasteiger partial charge on any atom is 0.236 e. The molecular weight excluding hydrogens is 254 g/mol. The summed E-state index contributed by atoms with van der Waals surface area (Å²) in [5.74, 6) is -0.0611. The number of carbonyl (C=O) groups excluding carboxylic acids is 2. The first kappa shape index (κ1) is 14.5. The molecule has 2 rings (SSSR count). The van der Waals surface area contributed by atoms with Gasteiger partial charge in [0.25, 0.3) is 0 Å².